The SMILES string of the molecule is Cc1cc(C(C)Nc2ccc(Cl)nc2C(=O)NS(C)(=O)=O)c2oc(C3CCC(F)(F)CC3)c(C)c(=O)c2c1. The maximum absolute atomic E-state index is 13.8. The molecule has 2 aromatic heterocycles. The van der Waals surface area contributed by atoms with Gasteiger partial charge in [-0.3, -0.25) is 9.59 Å². The summed E-state index contributed by atoms with van der Waals surface area (Å²) in [6.07, 6.45) is 0.747. The molecule has 0 spiro atoms. The molecule has 1 atom stereocenters. The van der Waals surface area contributed by atoms with Gasteiger partial charge in [0.15, 0.2) is 11.1 Å². The molecule has 2 heterocycles. The molecule has 1 aliphatic carbocycles. The van der Waals surface area contributed by atoms with Gasteiger partial charge in [-0.15, -0.1) is 0 Å². The fraction of sp³-hybridized carbons (Fsp3) is 0.423. The molecule has 1 unspecified atom stereocenters. The Morgan fingerprint density at radius 3 is 2.50 bits per heavy atom. The normalized spacial score (nSPS) is 16.8. The lowest BCUT2D eigenvalue weighted by Gasteiger charge is -2.28. The number of halogens is 3. The minimum absolute atomic E-state index is 0.00738. The van der Waals surface area contributed by atoms with E-state index in [-0.39, 0.29) is 53.6 Å². The summed E-state index contributed by atoms with van der Waals surface area (Å²) < 4.78 is 58.9. The Balaban J connectivity index is 1.77. The van der Waals surface area contributed by atoms with E-state index < -0.39 is 27.9 Å². The summed E-state index contributed by atoms with van der Waals surface area (Å²) in [6, 6.07) is 5.95. The van der Waals surface area contributed by atoms with E-state index in [1.807, 2.05) is 17.7 Å². The third-order valence-corrected chi connectivity index (χ3v) is 7.48. The van der Waals surface area contributed by atoms with Crippen molar-refractivity contribution in [3.8, 4) is 0 Å². The van der Waals surface area contributed by atoms with Crippen LogP contribution in [0.2, 0.25) is 5.15 Å². The number of rotatable bonds is 6. The van der Waals surface area contributed by atoms with Crippen LogP contribution in [0.15, 0.2) is 33.5 Å². The molecule has 8 nitrogen and oxygen atoms in total. The van der Waals surface area contributed by atoms with E-state index in [1.54, 1.807) is 19.9 Å². The Bertz CT molecular complexity index is 1580. The number of carbonyl (C=O) groups is 1. The number of alkyl halides is 2. The Morgan fingerprint density at radius 2 is 1.87 bits per heavy atom. The third-order valence-electron chi connectivity index (χ3n) is 6.71. The summed E-state index contributed by atoms with van der Waals surface area (Å²) in [5.41, 5.74) is 1.88. The van der Waals surface area contributed by atoms with E-state index in [0.29, 0.717) is 27.9 Å². The van der Waals surface area contributed by atoms with Crippen molar-refractivity contribution in [2.75, 3.05) is 11.6 Å². The van der Waals surface area contributed by atoms with E-state index in [1.165, 1.54) is 12.1 Å². The van der Waals surface area contributed by atoms with Gasteiger partial charge in [0.1, 0.15) is 16.5 Å². The van der Waals surface area contributed by atoms with Crippen molar-refractivity contribution < 1.29 is 26.4 Å². The zero-order valence-corrected chi connectivity index (χ0v) is 22.9. The van der Waals surface area contributed by atoms with Gasteiger partial charge < -0.3 is 9.73 Å². The van der Waals surface area contributed by atoms with Gasteiger partial charge in [0.2, 0.25) is 15.9 Å². The monoisotopic (exact) mass is 567 g/mol. The number of fused-ring (bicyclic) bond motifs is 1. The number of aromatic nitrogens is 1. The van der Waals surface area contributed by atoms with Crippen LogP contribution in [0, 0.1) is 13.8 Å². The standard InChI is InChI=1S/C26H28ClF2N3O5S/c1-13-11-17(15(3)30-19-5-6-20(27)31-21(19)25(34)32-38(4,35)36)24-18(12-13)22(33)14(2)23(37-24)16-7-9-26(28,29)10-8-16/h5-6,11-12,15-16,30H,7-10H2,1-4H3,(H,32,34). The molecule has 204 valence electrons. The maximum atomic E-state index is 13.8. The van der Waals surface area contributed by atoms with Crippen LogP contribution in [0.1, 0.15) is 77.5 Å². The molecule has 3 aromatic rings. The van der Waals surface area contributed by atoms with Gasteiger partial charge in [-0.2, -0.15) is 0 Å². The van der Waals surface area contributed by atoms with Gasteiger partial charge in [0.25, 0.3) is 5.91 Å². The average Bonchev–Trinajstić information content (AvgIpc) is 2.81. The largest absolute Gasteiger partial charge is 0.460 e. The number of nitrogens with zero attached hydrogens (tertiary/aromatic N) is 1. The quantitative estimate of drug-likeness (QED) is 0.371. The van der Waals surface area contributed by atoms with E-state index in [2.05, 4.69) is 10.3 Å². The summed E-state index contributed by atoms with van der Waals surface area (Å²) in [7, 11) is -3.85. The van der Waals surface area contributed by atoms with Crippen LogP contribution in [-0.2, 0) is 10.0 Å². The number of anilines is 1. The predicted molar refractivity (Wildman–Crippen MR) is 142 cm³/mol. The Kier molecular flexibility index (Phi) is 7.55. The zero-order chi connectivity index (χ0) is 28.0. The van der Waals surface area contributed by atoms with Crippen LogP contribution >= 0.6 is 11.6 Å². The molecular weight excluding hydrogens is 540 g/mol. The molecule has 0 saturated heterocycles. The minimum Gasteiger partial charge on any atom is -0.460 e. The van der Waals surface area contributed by atoms with Gasteiger partial charge in [0, 0.05) is 29.9 Å². The fourth-order valence-electron chi connectivity index (χ4n) is 4.85. The molecule has 4 rings (SSSR count). The summed E-state index contributed by atoms with van der Waals surface area (Å²) in [5.74, 6) is -3.55. The Hall–Kier alpha value is -3.05. The lowest BCUT2D eigenvalue weighted by atomic mass is 9.83. The summed E-state index contributed by atoms with van der Waals surface area (Å²) in [6.45, 7) is 5.27. The van der Waals surface area contributed by atoms with Gasteiger partial charge in [0.05, 0.1) is 23.4 Å². The molecular formula is C26H28ClF2N3O5S. The van der Waals surface area contributed by atoms with Crippen molar-refractivity contribution in [1.29, 1.82) is 0 Å². The van der Waals surface area contributed by atoms with E-state index in [0.717, 1.165) is 11.8 Å². The second-order valence-electron chi connectivity index (χ2n) is 9.88. The predicted octanol–water partition coefficient (Wildman–Crippen LogP) is 5.61. The molecule has 0 radical (unpaired) electrons. The smallest absolute Gasteiger partial charge is 0.285 e. The first kappa shape index (κ1) is 28.0. The lowest BCUT2D eigenvalue weighted by molar-refractivity contribution is -0.0395. The van der Waals surface area contributed by atoms with Crippen LogP contribution in [-0.4, -0.2) is 31.5 Å². The summed E-state index contributed by atoms with van der Waals surface area (Å²) in [4.78, 5) is 29.9. The first-order valence-electron chi connectivity index (χ1n) is 12.1. The van der Waals surface area contributed by atoms with E-state index >= 15 is 0 Å². The minimum atomic E-state index is -3.85. The molecule has 0 aliphatic heterocycles. The van der Waals surface area contributed by atoms with Crippen molar-refractivity contribution in [3.63, 3.8) is 0 Å². The molecule has 2 N–H and O–H groups in total. The van der Waals surface area contributed by atoms with Gasteiger partial charge in [-0.1, -0.05) is 17.7 Å². The van der Waals surface area contributed by atoms with Crippen LogP contribution in [0.25, 0.3) is 11.0 Å². The molecule has 1 aromatic carbocycles. The topological polar surface area (TPSA) is 118 Å². The number of amides is 1. The number of carbonyl (C=O) groups excluding carboxylic acids is 1. The van der Waals surface area contributed by atoms with Gasteiger partial charge in [-0.25, -0.2) is 26.9 Å². The fourth-order valence-corrected chi connectivity index (χ4v) is 5.43. The maximum Gasteiger partial charge on any atom is 0.285 e. The molecule has 0 bridgehead atoms. The third kappa shape index (κ3) is 5.99. The van der Waals surface area contributed by atoms with E-state index in [9.17, 15) is 26.8 Å². The van der Waals surface area contributed by atoms with Crippen LogP contribution < -0.4 is 15.5 Å². The highest BCUT2D eigenvalue weighted by molar-refractivity contribution is 7.89. The number of nitrogens with one attached hydrogen (secondary N) is 2. The highest BCUT2D eigenvalue weighted by Crippen LogP contribution is 2.42. The van der Waals surface area contributed by atoms with Crippen molar-refractivity contribution >= 4 is 44.2 Å². The second-order valence-corrected chi connectivity index (χ2v) is 12.0. The van der Waals surface area contributed by atoms with Gasteiger partial charge >= 0.3 is 0 Å². The van der Waals surface area contributed by atoms with Crippen molar-refractivity contribution in [1.82, 2.24) is 9.71 Å². The number of pyridine rings is 1. The summed E-state index contributed by atoms with van der Waals surface area (Å²) in [5, 5.41) is 3.50. The number of benzene rings is 1. The van der Waals surface area contributed by atoms with Crippen molar-refractivity contribution in [2.45, 2.75) is 64.3 Å². The number of hydrogen-bond acceptors (Lipinski definition) is 7. The highest BCUT2D eigenvalue weighted by Gasteiger charge is 2.37. The highest BCUT2D eigenvalue weighted by atomic mass is 35.5. The molecule has 38 heavy (non-hydrogen) atoms. The molecule has 1 amide bonds. The number of aryl methyl sites for hydroxylation is 1. The van der Waals surface area contributed by atoms with Gasteiger partial charge in [-0.05, 0) is 57.4 Å². The molecule has 12 heteroatoms. The van der Waals surface area contributed by atoms with Crippen LogP contribution in [0.5, 0.6) is 0 Å². The first-order valence-corrected chi connectivity index (χ1v) is 14.3. The average molecular weight is 568 g/mol. The molecule has 1 fully saturated rings. The van der Waals surface area contributed by atoms with Crippen molar-refractivity contribution in [3.05, 3.63) is 67.8 Å². The number of sulfonamides is 1. The number of hydrogen-bond donors (Lipinski definition) is 2. The van der Waals surface area contributed by atoms with E-state index in [4.69, 9.17) is 16.0 Å². The lowest BCUT2D eigenvalue weighted by Crippen LogP contribution is -2.31. The second kappa shape index (κ2) is 10.3. The van der Waals surface area contributed by atoms with Crippen molar-refractivity contribution in [2.24, 2.45) is 0 Å². The zero-order valence-electron chi connectivity index (χ0n) is 21.3. The molecule has 1 saturated carbocycles. The Morgan fingerprint density at radius 1 is 1.21 bits per heavy atom. The molecule has 1 aliphatic rings. The first-order chi connectivity index (χ1) is 17.6. The van der Waals surface area contributed by atoms with Crippen LogP contribution in [0.3, 0.4) is 0 Å². The van der Waals surface area contributed by atoms with Crippen LogP contribution in [0.4, 0.5) is 14.5 Å². The Labute approximate surface area is 223 Å². The summed E-state index contributed by atoms with van der Waals surface area (Å²) >= 11 is 5.96.